The fourth-order valence-electron chi connectivity index (χ4n) is 0.861. The summed E-state index contributed by atoms with van der Waals surface area (Å²) < 4.78 is 22.7. The van der Waals surface area contributed by atoms with Crippen LogP contribution in [0.2, 0.25) is 0 Å². The van der Waals surface area contributed by atoms with Gasteiger partial charge in [-0.05, 0) is 51.2 Å². The van der Waals surface area contributed by atoms with E-state index in [0.717, 1.165) is 0 Å². The number of nitrogens with zero attached hydrogens (tertiary/aromatic N) is 1. The molecule has 0 N–H and O–H groups in total. The van der Waals surface area contributed by atoms with E-state index in [4.69, 9.17) is 10.7 Å². The quantitative estimate of drug-likeness (QED) is 0.287. The molecule has 0 aliphatic carbocycles. The first-order valence-corrected chi connectivity index (χ1v) is 7.78. The zero-order valence-corrected chi connectivity index (χ0v) is 12.7. The number of nitro groups is 1. The van der Waals surface area contributed by atoms with Crippen LogP contribution in [0.1, 0.15) is 0 Å². The molecule has 0 unspecified atom stereocenters. The third-order valence-corrected chi connectivity index (χ3v) is 4.91. The topological polar surface area (TPSA) is 77.3 Å². The number of rotatable bonds is 2. The number of hydrogen-bond donors (Lipinski definition) is 0. The lowest BCUT2D eigenvalue weighted by atomic mass is 10.3. The molecule has 5 nitrogen and oxygen atoms in total. The molecule has 0 radical (unpaired) electrons. The summed E-state index contributed by atoms with van der Waals surface area (Å²) in [5, 5.41) is 10.6. The van der Waals surface area contributed by atoms with E-state index in [1.165, 1.54) is 12.1 Å². The van der Waals surface area contributed by atoms with Gasteiger partial charge in [0.05, 0.1) is 4.92 Å². The van der Waals surface area contributed by atoms with E-state index in [1.54, 1.807) is 45.2 Å². The van der Waals surface area contributed by atoms with E-state index in [9.17, 15) is 18.5 Å². The van der Waals surface area contributed by atoms with Crippen molar-refractivity contribution in [3.63, 3.8) is 0 Å². The van der Waals surface area contributed by atoms with Gasteiger partial charge < -0.3 is 0 Å². The van der Waals surface area contributed by atoms with Crippen LogP contribution in [0.15, 0.2) is 17.0 Å². The van der Waals surface area contributed by atoms with Gasteiger partial charge in [0.25, 0.3) is 14.7 Å². The second-order valence-electron chi connectivity index (χ2n) is 2.43. The van der Waals surface area contributed by atoms with E-state index in [1.807, 2.05) is 0 Å². The first-order chi connectivity index (χ1) is 6.73. The maximum Gasteiger partial charge on any atom is 0.285 e. The van der Waals surface area contributed by atoms with E-state index < -0.39 is 14.0 Å². The first-order valence-electron chi connectivity index (χ1n) is 3.31. The number of halogens is 3. The van der Waals surface area contributed by atoms with E-state index in [2.05, 4.69) is 0 Å². The molecule has 0 saturated heterocycles. The van der Waals surface area contributed by atoms with E-state index in [0.29, 0.717) is 3.57 Å². The van der Waals surface area contributed by atoms with Crippen LogP contribution in [0.5, 0.6) is 0 Å². The molecule has 0 heterocycles. The molecule has 0 aliphatic heterocycles. The predicted octanol–water partition coefficient (Wildman–Crippen LogP) is 2.73. The second kappa shape index (κ2) is 4.67. The third kappa shape index (κ3) is 3.14. The van der Waals surface area contributed by atoms with Crippen LogP contribution in [0.25, 0.3) is 0 Å². The highest BCUT2D eigenvalue weighted by atomic mass is 127. The molecule has 1 aromatic carbocycles. The summed E-state index contributed by atoms with van der Waals surface area (Å²) in [6.45, 7) is 0. The molecule has 82 valence electrons. The Morgan fingerprint density at radius 2 is 1.87 bits per heavy atom. The van der Waals surface area contributed by atoms with Gasteiger partial charge >= 0.3 is 0 Å². The summed E-state index contributed by atoms with van der Waals surface area (Å²) in [7, 11) is 1.20. The van der Waals surface area contributed by atoms with Gasteiger partial charge in [-0.2, -0.15) is 0 Å². The monoisotopic (exact) mass is 473 g/mol. The lowest BCUT2D eigenvalue weighted by molar-refractivity contribution is -0.386. The van der Waals surface area contributed by atoms with Crippen LogP contribution in [0, 0.1) is 17.3 Å². The molecule has 0 atom stereocenters. The van der Waals surface area contributed by atoms with Crippen molar-refractivity contribution >= 4 is 70.6 Å². The first kappa shape index (κ1) is 13.4. The lowest BCUT2D eigenvalue weighted by Crippen LogP contribution is -2.00. The Morgan fingerprint density at radius 1 is 1.33 bits per heavy atom. The number of benzene rings is 1. The van der Waals surface area contributed by atoms with Crippen LogP contribution in [0.3, 0.4) is 0 Å². The molecular formula is C6H2ClI2NO4S. The van der Waals surface area contributed by atoms with Crippen molar-refractivity contribution < 1.29 is 13.3 Å². The Morgan fingerprint density at radius 3 is 2.27 bits per heavy atom. The molecule has 1 rings (SSSR count). The van der Waals surface area contributed by atoms with Gasteiger partial charge in [-0.3, -0.25) is 10.1 Å². The summed E-state index contributed by atoms with van der Waals surface area (Å²) in [4.78, 5) is 9.74. The Labute approximate surface area is 117 Å². The highest BCUT2D eigenvalue weighted by Gasteiger charge is 2.23. The Kier molecular flexibility index (Phi) is 4.17. The molecule has 0 bridgehead atoms. The summed E-state index contributed by atoms with van der Waals surface area (Å²) in [5.74, 6) is 0. The molecule has 0 aliphatic rings. The SMILES string of the molecule is O=[N+]([O-])c1cc(I)cc(S(=O)(=O)Cl)c1I. The van der Waals surface area contributed by atoms with Crippen LogP contribution < -0.4 is 0 Å². The number of nitro benzene ring substituents is 1. The molecule has 9 heteroatoms. The zero-order chi connectivity index (χ0) is 11.8. The van der Waals surface area contributed by atoms with Gasteiger partial charge in [0.1, 0.15) is 8.47 Å². The van der Waals surface area contributed by atoms with Gasteiger partial charge in [-0.25, -0.2) is 8.42 Å². The van der Waals surface area contributed by atoms with Gasteiger partial charge in [-0.15, -0.1) is 0 Å². The van der Waals surface area contributed by atoms with Crippen LogP contribution in [0.4, 0.5) is 5.69 Å². The smallest absolute Gasteiger partial charge is 0.258 e. The Hall–Kier alpha value is 0.320. The lowest BCUT2D eigenvalue weighted by Gasteiger charge is -2.02. The largest absolute Gasteiger partial charge is 0.285 e. The number of hydrogen-bond acceptors (Lipinski definition) is 4. The van der Waals surface area contributed by atoms with Crippen molar-refractivity contribution in [2.75, 3.05) is 0 Å². The van der Waals surface area contributed by atoms with Gasteiger partial charge in [-0.1, -0.05) is 0 Å². The summed E-state index contributed by atoms with van der Waals surface area (Å²) in [6.07, 6.45) is 0. The second-order valence-corrected chi connectivity index (χ2v) is 7.29. The predicted molar refractivity (Wildman–Crippen MR) is 71.6 cm³/mol. The van der Waals surface area contributed by atoms with Gasteiger partial charge in [0.15, 0.2) is 0 Å². The normalized spacial score (nSPS) is 11.4. The summed E-state index contributed by atoms with van der Waals surface area (Å²) >= 11 is 3.38. The fraction of sp³-hybridized carbons (Fsp3) is 0. The minimum absolute atomic E-state index is 0.0213. The molecule has 0 fully saturated rings. The van der Waals surface area contributed by atoms with Crippen LogP contribution >= 0.6 is 55.9 Å². The van der Waals surface area contributed by atoms with Crippen molar-refractivity contribution in [1.82, 2.24) is 0 Å². The average Bonchev–Trinajstić information content (AvgIpc) is 2.06. The highest BCUT2D eigenvalue weighted by Crippen LogP contribution is 2.31. The maximum atomic E-state index is 11.1. The van der Waals surface area contributed by atoms with Crippen molar-refractivity contribution in [3.8, 4) is 0 Å². The van der Waals surface area contributed by atoms with Gasteiger partial charge in [0, 0.05) is 20.3 Å². The summed E-state index contributed by atoms with van der Waals surface area (Å²) in [5.41, 5.74) is -0.262. The minimum atomic E-state index is -3.96. The van der Waals surface area contributed by atoms with Gasteiger partial charge in [0.2, 0.25) is 0 Å². The third-order valence-electron chi connectivity index (χ3n) is 1.44. The van der Waals surface area contributed by atoms with Crippen molar-refractivity contribution in [1.29, 1.82) is 0 Å². The summed E-state index contributed by atoms with van der Waals surface area (Å²) in [6, 6.07) is 2.57. The molecular weight excluding hydrogens is 471 g/mol. The van der Waals surface area contributed by atoms with E-state index in [-0.39, 0.29) is 14.2 Å². The van der Waals surface area contributed by atoms with E-state index >= 15 is 0 Å². The van der Waals surface area contributed by atoms with Crippen molar-refractivity contribution in [2.24, 2.45) is 0 Å². The minimum Gasteiger partial charge on any atom is -0.258 e. The molecule has 1 aromatic rings. The fourth-order valence-corrected chi connectivity index (χ4v) is 4.40. The van der Waals surface area contributed by atoms with Crippen LogP contribution in [-0.4, -0.2) is 13.3 Å². The molecule has 0 amide bonds. The molecule has 15 heavy (non-hydrogen) atoms. The zero-order valence-electron chi connectivity index (χ0n) is 6.78. The Bertz CT molecular complexity index is 530. The molecule has 0 spiro atoms. The van der Waals surface area contributed by atoms with Crippen molar-refractivity contribution in [3.05, 3.63) is 29.4 Å². The highest BCUT2D eigenvalue weighted by molar-refractivity contribution is 14.1. The maximum absolute atomic E-state index is 11.1. The Balaban J connectivity index is 3.63. The molecule has 0 saturated carbocycles. The molecule has 0 aromatic heterocycles. The average molecular weight is 473 g/mol. The van der Waals surface area contributed by atoms with Crippen LogP contribution in [-0.2, 0) is 9.05 Å². The standard InChI is InChI=1S/C6H2ClI2NO4S/c7-15(13,14)5-2-3(8)1-4(6(5)9)10(11)12/h1-2H. The van der Waals surface area contributed by atoms with Crippen molar-refractivity contribution in [2.45, 2.75) is 4.90 Å².